The summed E-state index contributed by atoms with van der Waals surface area (Å²) >= 11 is 1.43. The van der Waals surface area contributed by atoms with E-state index in [2.05, 4.69) is 25.3 Å². The molecule has 0 saturated carbocycles. The summed E-state index contributed by atoms with van der Waals surface area (Å²) in [4.78, 5) is 3.87. The van der Waals surface area contributed by atoms with Gasteiger partial charge in [0.25, 0.3) is 0 Å². The van der Waals surface area contributed by atoms with Gasteiger partial charge in [-0.2, -0.15) is 9.64 Å². The highest BCUT2D eigenvalue weighted by atomic mass is 32.1. The van der Waals surface area contributed by atoms with Gasteiger partial charge >= 0.3 is 0 Å². The van der Waals surface area contributed by atoms with Gasteiger partial charge in [-0.1, -0.05) is 0 Å². The molecule has 0 fully saturated rings. The van der Waals surface area contributed by atoms with Crippen LogP contribution >= 0.6 is 11.5 Å². The molecule has 0 amide bonds. The van der Waals surface area contributed by atoms with Crippen LogP contribution in [0.15, 0.2) is 16.4 Å². The summed E-state index contributed by atoms with van der Waals surface area (Å²) in [7, 11) is 1.63. The number of guanidine groups is 1. The first-order valence-corrected chi connectivity index (χ1v) is 5.70. The summed E-state index contributed by atoms with van der Waals surface area (Å²) in [6, 6.07) is 1.94. The van der Waals surface area contributed by atoms with E-state index in [-0.39, 0.29) is 0 Å². The van der Waals surface area contributed by atoms with Crippen molar-refractivity contribution >= 4 is 23.3 Å². The first kappa shape index (κ1) is 12.3. The summed E-state index contributed by atoms with van der Waals surface area (Å²) in [5.74, 6) is 1.40. The van der Waals surface area contributed by atoms with Crippen LogP contribution < -0.4 is 16.0 Å². The van der Waals surface area contributed by atoms with Crippen molar-refractivity contribution in [2.75, 3.05) is 25.5 Å². The van der Waals surface area contributed by atoms with Gasteiger partial charge in [0.1, 0.15) is 5.82 Å². The van der Waals surface area contributed by atoms with Crippen LogP contribution in [0, 0.1) is 11.5 Å². The summed E-state index contributed by atoms with van der Waals surface area (Å²) in [6.45, 7) is 1.58. The molecule has 0 unspecified atom stereocenters. The molecule has 0 radical (unpaired) electrons. The number of aromatic nitrogens is 1. The van der Waals surface area contributed by atoms with Crippen LogP contribution in [0.4, 0.5) is 5.82 Å². The summed E-state index contributed by atoms with van der Waals surface area (Å²) in [6.07, 6.45) is 2.73. The minimum atomic E-state index is 0.496. The zero-order chi connectivity index (χ0) is 11.6. The highest BCUT2D eigenvalue weighted by Gasteiger charge is 1.95. The fourth-order valence-corrected chi connectivity index (χ4v) is 1.54. The molecule has 0 spiro atoms. The minimum absolute atomic E-state index is 0.496. The second-order valence-corrected chi connectivity index (χ2v) is 3.57. The normalized spacial score (nSPS) is 10.6. The Morgan fingerprint density at radius 3 is 3.12 bits per heavy atom. The highest BCUT2D eigenvalue weighted by Crippen LogP contribution is 2.04. The van der Waals surface area contributed by atoms with E-state index in [9.17, 15) is 0 Å². The van der Waals surface area contributed by atoms with E-state index in [1.165, 1.54) is 11.5 Å². The van der Waals surface area contributed by atoms with Crippen molar-refractivity contribution in [1.82, 2.24) is 15.0 Å². The topological polar surface area (TPSA) is 85.1 Å². The Bertz CT molecular complexity index is 353. The third kappa shape index (κ3) is 4.61. The Balaban J connectivity index is 2.06. The Morgan fingerprint density at radius 1 is 1.62 bits per heavy atom. The minimum Gasteiger partial charge on any atom is -0.369 e. The van der Waals surface area contributed by atoms with Crippen LogP contribution in [-0.4, -0.2) is 30.5 Å². The molecule has 86 valence electrons. The lowest BCUT2D eigenvalue weighted by atomic mass is 10.4. The van der Waals surface area contributed by atoms with Crippen molar-refractivity contribution in [2.24, 2.45) is 4.99 Å². The van der Waals surface area contributed by atoms with Crippen molar-refractivity contribution in [3.05, 3.63) is 11.4 Å². The molecule has 0 aliphatic heterocycles. The van der Waals surface area contributed by atoms with E-state index in [0.29, 0.717) is 5.96 Å². The summed E-state index contributed by atoms with van der Waals surface area (Å²) in [5.41, 5.74) is 0. The van der Waals surface area contributed by atoms with E-state index < -0.39 is 0 Å². The zero-order valence-corrected chi connectivity index (χ0v) is 9.84. The lowest BCUT2D eigenvalue weighted by Gasteiger charge is -2.07. The van der Waals surface area contributed by atoms with Crippen LogP contribution in [0.3, 0.4) is 0 Å². The van der Waals surface area contributed by atoms with Crippen LogP contribution in [0.1, 0.15) is 6.42 Å². The SMILES string of the molecule is C/N=C(\NC#N)NCCCNc1ccsn1. The number of rotatable bonds is 5. The third-order valence-corrected chi connectivity index (χ3v) is 2.35. The first-order chi connectivity index (χ1) is 7.86. The van der Waals surface area contributed by atoms with Gasteiger partial charge in [0.05, 0.1) is 0 Å². The summed E-state index contributed by atoms with van der Waals surface area (Å²) < 4.78 is 4.13. The number of nitriles is 1. The predicted octanol–water partition coefficient (Wildman–Crippen LogP) is 0.591. The fraction of sp³-hybridized carbons (Fsp3) is 0.444. The molecule has 7 heteroatoms. The molecule has 0 aliphatic rings. The Morgan fingerprint density at radius 2 is 2.50 bits per heavy atom. The molecule has 6 nitrogen and oxygen atoms in total. The van der Waals surface area contributed by atoms with Crippen molar-refractivity contribution in [3.8, 4) is 6.19 Å². The molecule has 3 N–H and O–H groups in total. The first-order valence-electron chi connectivity index (χ1n) is 4.87. The molecule has 1 rings (SSSR count). The molecule has 0 aliphatic carbocycles. The van der Waals surface area contributed by atoms with Gasteiger partial charge in [-0.15, -0.1) is 0 Å². The molecule has 0 bridgehead atoms. The monoisotopic (exact) mass is 238 g/mol. The van der Waals surface area contributed by atoms with Gasteiger partial charge in [0, 0.05) is 25.5 Å². The van der Waals surface area contributed by atoms with Crippen molar-refractivity contribution in [3.63, 3.8) is 0 Å². The molecule has 1 heterocycles. The zero-order valence-electron chi connectivity index (χ0n) is 9.03. The number of anilines is 1. The second kappa shape index (κ2) is 7.48. The second-order valence-electron chi connectivity index (χ2n) is 2.90. The maximum absolute atomic E-state index is 8.39. The van der Waals surface area contributed by atoms with Gasteiger partial charge in [0.2, 0.25) is 5.96 Å². The third-order valence-electron chi connectivity index (χ3n) is 1.79. The van der Waals surface area contributed by atoms with Gasteiger partial charge in [0.15, 0.2) is 6.19 Å². The van der Waals surface area contributed by atoms with E-state index in [0.717, 1.165) is 25.3 Å². The standard InChI is InChI=1S/C9H14N6S/c1-11-9(14-7-10)13-5-2-4-12-8-3-6-16-15-8/h3,6H,2,4-5H2,1H3,(H,12,15)(H2,11,13,14). The number of hydrogen-bond donors (Lipinski definition) is 3. The largest absolute Gasteiger partial charge is 0.369 e. The maximum atomic E-state index is 8.39. The van der Waals surface area contributed by atoms with Crippen LogP contribution in [-0.2, 0) is 0 Å². The maximum Gasteiger partial charge on any atom is 0.204 e. The predicted molar refractivity (Wildman–Crippen MR) is 65.3 cm³/mol. The van der Waals surface area contributed by atoms with Gasteiger partial charge < -0.3 is 10.6 Å². The van der Waals surface area contributed by atoms with Gasteiger partial charge in [-0.05, 0) is 24.0 Å². The highest BCUT2D eigenvalue weighted by molar-refractivity contribution is 7.03. The number of nitrogens with zero attached hydrogens (tertiary/aromatic N) is 3. The van der Waals surface area contributed by atoms with E-state index in [1.54, 1.807) is 7.05 Å². The molecular weight excluding hydrogens is 224 g/mol. The van der Waals surface area contributed by atoms with Crippen LogP contribution in [0.5, 0.6) is 0 Å². The van der Waals surface area contributed by atoms with Crippen LogP contribution in [0.2, 0.25) is 0 Å². The molecule has 1 aromatic heterocycles. The molecule has 0 aromatic carbocycles. The number of aliphatic imine (C=N–C) groups is 1. The molecular formula is C9H14N6S. The van der Waals surface area contributed by atoms with E-state index in [1.807, 2.05) is 17.6 Å². The molecule has 16 heavy (non-hydrogen) atoms. The van der Waals surface area contributed by atoms with Gasteiger partial charge in [-0.3, -0.25) is 10.3 Å². The molecule has 0 saturated heterocycles. The lowest BCUT2D eigenvalue weighted by Crippen LogP contribution is -2.35. The number of nitrogens with one attached hydrogen (secondary N) is 3. The van der Waals surface area contributed by atoms with Gasteiger partial charge in [-0.25, -0.2) is 0 Å². The Labute approximate surface area is 98.6 Å². The number of hydrogen-bond acceptors (Lipinski definition) is 5. The Kier molecular flexibility index (Phi) is 5.73. The average Bonchev–Trinajstić information content (AvgIpc) is 2.80. The Hall–Kier alpha value is -1.81. The summed E-state index contributed by atoms with van der Waals surface area (Å²) in [5, 5.41) is 19.0. The molecule has 1 aromatic rings. The van der Waals surface area contributed by atoms with E-state index in [4.69, 9.17) is 5.26 Å². The quantitative estimate of drug-likeness (QED) is 0.230. The van der Waals surface area contributed by atoms with Crippen LogP contribution in [0.25, 0.3) is 0 Å². The van der Waals surface area contributed by atoms with E-state index >= 15 is 0 Å². The molecule has 0 atom stereocenters. The van der Waals surface area contributed by atoms with Crippen molar-refractivity contribution < 1.29 is 0 Å². The lowest BCUT2D eigenvalue weighted by molar-refractivity contribution is 0.789. The van der Waals surface area contributed by atoms with Crippen molar-refractivity contribution in [2.45, 2.75) is 6.42 Å². The fourth-order valence-electron chi connectivity index (χ4n) is 1.05. The average molecular weight is 238 g/mol. The van der Waals surface area contributed by atoms with Crippen molar-refractivity contribution in [1.29, 1.82) is 5.26 Å². The smallest absolute Gasteiger partial charge is 0.204 e.